The molecule has 110 valence electrons. The summed E-state index contributed by atoms with van der Waals surface area (Å²) in [6.07, 6.45) is 1.52. The second kappa shape index (κ2) is 6.75. The van der Waals surface area contributed by atoms with E-state index in [2.05, 4.69) is 30.0 Å². The van der Waals surface area contributed by atoms with Gasteiger partial charge in [0.25, 0.3) is 0 Å². The molecule has 0 fully saturated rings. The first-order chi connectivity index (χ1) is 10.1. The average molecular weight is 286 g/mol. The Balaban J connectivity index is 2.10. The molecule has 0 spiro atoms. The number of benzene rings is 1. The number of hydrogen-bond donors (Lipinski definition) is 0. The topological polar surface area (TPSA) is 73.0 Å². The molecular weight excluding hydrogens is 268 g/mol. The lowest BCUT2D eigenvalue weighted by molar-refractivity contribution is 0.281. The Labute approximate surface area is 123 Å². The first-order valence-electron chi connectivity index (χ1n) is 6.71. The molecule has 0 aliphatic heterocycles. The Morgan fingerprint density at radius 2 is 2.05 bits per heavy atom. The van der Waals surface area contributed by atoms with Crippen molar-refractivity contribution < 1.29 is 9.47 Å². The van der Waals surface area contributed by atoms with Crippen molar-refractivity contribution in [2.24, 2.45) is 5.92 Å². The second-order valence-electron chi connectivity index (χ2n) is 5.05. The molecule has 6 heteroatoms. The number of nitriles is 1. The fourth-order valence-electron chi connectivity index (χ4n) is 1.88. The molecule has 21 heavy (non-hydrogen) atoms. The molecule has 0 unspecified atom stereocenters. The van der Waals surface area contributed by atoms with Crippen molar-refractivity contribution in [3.05, 3.63) is 35.9 Å². The first-order valence-corrected chi connectivity index (χ1v) is 6.71. The molecule has 0 N–H and O–H groups in total. The average Bonchev–Trinajstić information content (AvgIpc) is 2.91. The molecule has 0 bridgehead atoms. The monoisotopic (exact) mass is 286 g/mol. The molecule has 2 aromatic rings. The van der Waals surface area contributed by atoms with Crippen LogP contribution in [0.15, 0.2) is 24.5 Å². The molecule has 0 aliphatic rings. The van der Waals surface area contributed by atoms with E-state index >= 15 is 0 Å². The maximum Gasteiger partial charge on any atom is 0.164 e. The lowest BCUT2D eigenvalue weighted by Crippen LogP contribution is -2.12. The highest BCUT2D eigenvalue weighted by molar-refractivity contribution is 5.43. The highest BCUT2D eigenvalue weighted by Gasteiger charge is 2.08. The van der Waals surface area contributed by atoms with E-state index in [0.717, 1.165) is 12.4 Å². The van der Waals surface area contributed by atoms with E-state index < -0.39 is 0 Å². The third-order valence-corrected chi connectivity index (χ3v) is 2.85. The highest BCUT2D eigenvalue weighted by atomic mass is 16.5. The quantitative estimate of drug-likeness (QED) is 0.815. The molecule has 1 heterocycles. The molecule has 0 atom stereocenters. The smallest absolute Gasteiger partial charge is 0.164 e. The lowest BCUT2D eigenvalue weighted by atomic mass is 10.2. The largest absolute Gasteiger partial charge is 0.497 e. The van der Waals surface area contributed by atoms with Crippen LogP contribution >= 0.6 is 0 Å². The zero-order valence-corrected chi connectivity index (χ0v) is 12.4. The van der Waals surface area contributed by atoms with Gasteiger partial charge in [-0.1, -0.05) is 13.8 Å². The predicted octanol–water partition coefficient (Wildman–Crippen LogP) is 2.39. The molecule has 6 nitrogen and oxygen atoms in total. The van der Waals surface area contributed by atoms with Crippen LogP contribution in [-0.4, -0.2) is 21.9 Å². The summed E-state index contributed by atoms with van der Waals surface area (Å²) in [5.74, 6) is 2.40. The van der Waals surface area contributed by atoms with Gasteiger partial charge in [0.05, 0.1) is 18.7 Å². The summed E-state index contributed by atoms with van der Waals surface area (Å²) in [6.45, 7) is 5.33. The number of hydrogen-bond acceptors (Lipinski definition) is 5. The molecular formula is C15H18N4O2. The van der Waals surface area contributed by atoms with Crippen LogP contribution in [0.5, 0.6) is 11.5 Å². The van der Waals surface area contributed by atoms with E-state index in [1.54, 1.807) is 25.3 Å². The fourth-order valence-corrected chi connectivity index (χ4v) is 1.88. The van der Waals surface area contributed by atoms with E-state index in [-0.39, 0.29) is 0 Å². The minimum Gasteiger partial charge on any atom is -0.497 e. The minimum atomic E-state index is 0.296. The van der Waals surface area contributed by atoms with Gasteiger partial charge in [-0.15, -0.1) is 0 Å². The van der Waals surface area contributed by atoms with E-state index in [1.165, 1.54) is 6.33 Å². The first kappa shape index (κ1) is 14.9. The molecule has 0 saturated carbocycles. The van der Waals surface area contributed by atoms with Crippen LogP contribution in [0.3, 0.4) is 0 Å². The number of nitrogens with zero attached hydrogens (tertiary/aromatic N) is 4. The van der Waals surface area contributed by atoms with Gasteiger partial charge in [-0.2, -0.15) is 10.4 Å². The van der Waals surface area contributed by atoms with Gasteiger partial charge in [0.15, 0.2) is 5.82 Å². The Bertz CT molecular complexity index is 643. The highest BCUT2D eigenvalue weighted by Crippen LogP contribution is 2.23. The third-order valence-electron chi connectivity index (χ3n) is 2.85. The summed E-state index contributed by atoms with van der Waals surface area (Å²) >= 11 is 0. The minimum absolute atomic E-state index is 0.296. The van der Waals surface area contributed by atoms with Crippen LogP contribution in [0.4, 0.5) is 0 Å². The number of ether oxygens (including phenoxy) is 2. The van der Waals surface area contributed by atoms with Crippen LogP contribution in [-0.2, 0) is 13.2 Å². The van der Waals surface area contributed by atoms with Gasteiger partial charge in [-0.3, -0.25) is 0 Å². The van der Waals surface area contributed by atoms with Crippen LogP contribution in [0.2, 0.25) is 0 Å². The maximum absolute atomic E-state index is 8.99. The van der Waals surface area contributed by atoms with Crippen molar-refractivity contribution in [1.82, 2.24) is 14.8 Å². The van der Waals surface area contributed by atoms with Crippen molar-refractivity contribution in [2.75, 3.05) is 7.11 Å². The standard InChI is InChI=1S/C15H18N4O2/c1-11(2)8-19-15(17-10-18-19)9-21-14-5-12(7-16)4-13(6-14)20-3/h4-6,10-11H,8-9H2,1-3H3. The maximum atomic E-state index is 8.99. The van der Waals surface area contributed by atoms with Gasteiger partial charge in [-0.05, 0) is 18.1 Å². The Kier molecular flexibility index (Phi) is 4.77. The lowest BCUT2D eigenvalue weighted by Gasteiger charge is -2.10. The van der Waals surface area contributed by atoms with Crippen LogP contribution in [0.25, 0.3) is 0 Å². The summed E-state index contributed by atoms with van der Waals surface area (Å²) in [6, 6.07) is 7.15. The van der Waals surface area contributed by atoms with Gasteiger partial charge in [-0.25, -0.2) is 9.67 Å². The Hall–Kier alpha value is -2.55. The zero-order valence-electron chi connectivity index (χ0n) is 12.4. The fraction of sp³-hybridized carbons (Fsp3) is 0.400. The molecule has 0 radical (unpaired) electrons. The molecule has 1 aromatic heterocycles. The van der Waals surface area contributed by atoms with Crippen LogP contribution in [0.1, 0.15) is 25.2 Å². The normalized spacial score (nSPS) is 10.4. The van der Waals surface area contributed by atoms with Crippen LogP contribution < -0.4 is 9.47 Å². The van der Waals surface area contributed by atoms with E-state index in [4.69, 9.17) is 14.7 Å². The Morgan fingerprint density at radius 3 is 2.71 bits per heavy atom. The second-order valence-corrected chi connectivity index (χ2v) is 5.05. The van der Waals surface area contributed by atoms with Crippen molar-refractivity contribution in [3.8, 4) is 17.6 Å². The third kappa shape index (κ3) is 3.96. The van der Waals surface area contributed by atoms with E-state index in [0.29, 0.717) is 29.6 Å². The van der Waals surface area contributed by atoms with Gasteiger partial charge in [0.2, 0.25) is 0 Å². The van der Waals surface area contributed by atoms with Crippen molar-refractivity contribution in [1.29, 1.82) is 5.26 Å². The van der Waals surface area contributed by atoms with Gasteiger partial charge in [0, 0.05) is 12.6 Å². The van der Waals surface area contributed by atoms with Crippen molar-refractivity contribution in [3.63, 3.8) is 0 Å². The summed E-state index contributed by atoms with van der Waals surface area (Å²) < 4.78 is 12.7. The number of methoxy groups -OCH3 is 1. The number of aromatic nitrogens is 3. The van der Waals surface area contributed by atoms with Crippen LogP contribution in [0, 0.1) is 17.2 Å². The van der Waals surface area contributed by atoms with Gasteiger partial charge in [0.1, 0.15) is 24.4 Å². The molecule has 1 aromatic carbocycles. The summed E-state index contributed by atoms with van der Waals surface area (Å²) in [4.78, 5) is 4.20. The molecule has 0 aliphatic carbocycles. The summed E-state index contributed by atoms with van der Waals surface area (Å²) in [7, 11) is 1.56. The molecule has 0 amide bonds. The Morgan fingerprint density at radius 1 is 1.29 bits per heavy atom. The van der Waals surface area contributed by atoms with Crippen molar-refractivity contribution >= 4 is 0 Å². The zero-order chi connectivity index (χ0) is 15.2. The SMILES string of the molecule is COc1cc(C#N)cc(OCc2ncnn2CC(C)C)c1. The van der Waals surface area contributed by atoms with Gasteiger partial charge >= 0.3 is 0 Å². The number of rotatable bonds is 6. The molecule has 2 rings (SSSR count). The van der Waals surface area contributed by atoms with Gasteiger partial charge < -0.3 is 9.47 Å². The summed E-state index contributed by atoms with van der Waals surface area (Å²) in [5.41, 5.74) is 0.494. The summed E-state index contributed by atoms with van der Waals surface area (Å²) in [5, 5.41) is 13.2. The predicted molar refractivity (Wildman–Crippen MR) is 76.9 cm³/mol. The van der Waals surface area contributed by atoms with Crippen molar-refractivity contribution in [2.45, 2.75) is 27.0 Å². The molecule has 0 saturated heterocycles. The van der Waals surface area contributed by atoms with E-state index in [9.17, 15) is 0 Å². The van der Waals surface area contributed by atoms with E-state index in [1.807, 2.05) is 4.68 Å².